The number of phenols is 1. The van der Waals surface area contributed by atoms with Gasteiger partial charge in [0.1, 0.15) is 5.75 Å². The second kappa shape index (κ2) is 3.66. The van der Waals surface area contributed by atoms with Crippen LogP contribution in [0.1, 0.15) is 11.1 Å². The van der Waals surface area contributed by atoms with Crippen molar-refractivity contribution in [1.29, 1.82) is 0 Å². The van der Waals surface area contributed by atoms with Gasteiger partial charge in [0.2, 0.25) is 0 Å². The summed E-state index contributed by atoms with van der Waals surface area (Å²) in [6.07, 6.45) is -0.258. The fourth-order valence-electron chi connectivity index (χ4n) is 1.05. The molecule has 3 nitrogen and oxygen atoms in total. The first-order chi connectivity index (χ1) is 6.02. The van der Waals surface area contributed by atoms with Crippen LogP contribution in [0.3, 0.4) is 0 Å². The van der Waals surface area contributed by atoms with Crippen molar-refractivity contribution in [3.8, 4) is 5.75 Å². The van der Waals surface area contributed by atoms with Crippen LogP contribution in [0.2, 0.25) is 5.02 Å². The summed E-state index contributed by atoms with van der Waals surface area (Å²) in [5.74, 6) is -1.08. The van der Waals surface area contributed by atoms with E-state index in [9.17, 15) is 9.90 Å². The van der Waals surface area contributed by atoms with Gasteiger partial charge in [0, 0.05) is 5.56 Å². The molecule has 0 bridgehead atoms. The zero-order valence-electron chi connectivity index (χ0n) is 7.04. The largest absolute Gasteiger partial charge is 0.508 e. The molecule has 0 unspecified atom stereocenters. The summed E-state index contributed by atoms with van der Waals surface area (Å²) in [4.78, 5) is 10.4. The predicted molar refractivity (Wildman–Crippen MR) is 49.2 cm³/mol. The number of aromatic hydroxyl groups is 1. The minimum absolute atomic E-state index is 0.0713. The molecule has 0 aromatic heterocycles. The Morgan fingerprint density at radius 2 is 2.15 bits per heavy atom. The molecule has 2 N–H and O–H groups in total. The van der Waals surface area contributed by atoms with E-state index < -0.39 is 5.97 Å². The van der Waals surface area contributed by atoms with Crippen LogP contribution in [0.25, 0.3) is 0 Å². The molecule has 4 heteroatoms. The molecule has 0 aliphatic heterocycles. The number of aryl methyl sites for hydroxylation is 1. The highest BCUT2D eigenvalue weighted by atomic mass is 35.5. The van der Waals surface area contributed by atoms with Crippen LogP contribution in [0, 0.1) is 6.92 Å². The van der Waals surface area contributed by atoms with E-state index in [0.29, 0.717) is 5.02 Å². The van der Waals surface area contributed by atoms with E-state index in [1.54, 1.807) is 13.0 Å². The summed E-state index contributed by atoms with van der Waals surface area (Å²) in [5, 5.41) is 18.2. The molecule has 0 heterocycles. The fraction of sp³-hybridized carbons (Fsp3) is 0.222. The number of rotatable bonds is 2. The number of aliphatic carboxylic acids is 1. The summed E-state index contributed by atoms with van der Waals surface area (Å²) < 4.78 is 0. The maximum atomic E-state index is 10.4. The van der Waals surface area contributed by atoms with Gasteiger partial charge in [-0.05, 0) is 18.6 Å². The molecule has 1 aromatic rings. The van der Waals surface area contributed by atoms with Gasteiger partial charge < -0.3 is 10.2 Å². The average molecular weight is 201 g/mol. The Balaban J connectivity index is 3.17. The Morgan fingerprint density at radius 1 is 1.54 bits per heavy atom. The zero-order valence-corrected chi connectivity index (χ0v) is 7.80. The second-order valence-corrected chi connectivity index (χ2v) is 3.14. The van der Waals surface area contributed by atoms with Crippen molar-refractivity contribution in [3.05, 3.63) is 28.3 Å². The molecule has 0 amide bonds. The number of halogens is 1. The molecule has 1 aromatic carbocycles. The second-order valence-electron chi connectivity index (χ2n) is 2.76. The molecule has 0 fully saturated rings. The highest BCUT2D eigenvalue weighted by Gasteiger charge is 2.11. The summed E-state index contributed by atoms with van der Waals surface area (Å²) in [6.45, 7) is 1.76. The summed E-state index contributed by atoms with van der Waals surface area (Å²) in [7, 11) is 0. The standard InChI is InChI=1S/C9H9ClO3/c1-5-2-3-7(11)6(9(5)10)4-8(12)13/h2-3,11H,4H2,1H3,(H,12,13). The molecule has 1 rings (SSSR count). The van der Waals surface area contributed by atoms with Crippen molar-refractivity contribution in [2.24, 2.45) is 0 Å². The molecule has 0 saturated carbocycles. The maximum Gasteiger partial charge on any atom is 0.308 e. The zero-order chi connectivity index (χ0) is 10.0. The number of carboxylic acids is 1. The van der Waals surface area contributed by atoms with Gasteiger partial charge in [-0.15, -0.1) is 0 Å². The number of benzene rings is 1. The highest BCUT2D eigenvalue weighted by Crippen LogP contribution is 2.28. The molecule has 0 spiro atoms. The van der Waals surface area contributed by atoms with Crippen molar-refractivity contribution >= 4 is 17.6 Å². The highest BCUT2D eigenvalue weighted by molar-refractivity contribution is 6.32. The van der Waals surface area contributed by atoms with Gasteiger partial charge in [0.25, 0.3) is 0 Å². The number of carboxylic acid groups (broad SMARTS) is 1. The number of hydrogen-bond acceptors (Lipinski definition) is 2. The molecule has 70 valence electrons. The predicted octanol–water partition coefficient (Wildman–Crippen LogP) is 1.98. The molecular weight excluding hydrogens is 192 g/mol. The van der Waals surface area contributed by atoms with Crippen LogP contribution < -0.4 is 0 Å². The van der Waals surface area contributed by atoms with Gasteiger partial charge in [-0.3, -0.25) is 4.79 Å². The third kappa shape index (κ3) is 2.12. The molecule has 0 atom stereocenters. The minimum atomic E-state index is -1.01. The number of phenolic OH excluding ortho intramolecular Hbond substituents is 1. The Kier molecular flexibility index (Phi) is 2.78. The molecule has 0 aliphatic carbocycles. The monoisotopic (exact) mass is 200 g/mol. The average Bonchev–Trinajstić information content (AvgIpc) is 2.05. The van der Waals surface area contributed by atoms with Gasteiger partial charge >= 0.3 is 5.97 Å². The lowest BCUT2D eigenvalue weighted by molar-refractivity contribution is -0.136. The van der Waals surface area contributed by atoms with Gasteiger partial charge in [-0.25, -0.2) is 0 Å². The van der Waals surface area contributed by atoms with E-state index in [2.05, 4.69) is 0 Å². The summed E-state index contributed by atoms with van der Waals surface area (Å²) in [5.41, 5.74) is 1.03. The first-order valence-corrected chi connectivity index (χ1v) is 4.09. The summed E-state index contributed by atoms with van der Waals surface area (Å²) in [6, 6.07) is 3.09. The van der Waals surface area contributed by atoms with Crippen molar-refractivity contribution in [1.82, 2.24) is 0 Å². The van der Waals surface area contributed by atoms with Crippen molar-refractivity contribution < 1.29 is 15.0 Å². The lowest BCUT2D eigenvalue weighted by Crippen LogP contribution is -2.01. The van der Waals surface area contributed by atoms with Crippen LogP contribution in [-0.4, -0.2) is 16.2 Å². The Hall–Kier alpha value is -1.22. The lowest BCUT2D eigenvalue weighted by Gasteiger charge is -2.06. The van der Waals surface area contributed by atoms with E-state index in [-0.39, 0.29) is 17.7 Å². The van der Waals surface area contributed by atoms with E-state index in [0.717, 1.165) is 5.56 Å². The van der Waals surface area contributed by atoms with Crippen LogP contribution in [-0.2, 0) is 11.2 Å². The maximum absolute atomic E-state index is 10.4. The lowest BCUT2D eigenvalue weighted by atomic mass is 10.1. The van der Waals surface area contributed by atoms with E-state index in [4.69, 9.17) is 16.7 Å². The fourth-order valence-corrected chi connectivity index (χ4v) is 1.27. The van der Waals surface area contributed by atoms with Gasteiger partial charge in [0.05, 0.1) is 11.4 Å². The number of hydrogen-bond donors (Lipinski definition) is 2. The van der Waals surface area contributed by atoms with Crippen molar-refractivity contribution in [2.45, 2.75) is 13.3 Å². The smallest absolute Gasteiger partial charge is 0.308 e. The first kappa shape index (κ1) is 9.86. The SMILES string of the molecule is Cc1ccc(O)c(CC(=O)O)c1Cl. The van der Waals surface area contributed by atoms with Crippen LogP contribution in [0.4, 0.5) is 0 Å². The van der Waals surface area contributed by atoms with Gasteiger partial charge in [-0.2, -0.15) is 0 Å². The molecule has 0 radical (unpaired) electrons. The van der Waals surface area contributed by atoms with Gasteiger partial charge in [0.15, 0.2) is 0 Å². The normalized spacial score (nSPS) is 10.0. The molecular formula is C9H9ClO3. The topological polar surface area (TPSA) is 57.5 Å². The van der Waals surface area contributed by atoms with E-state index >= 15 is 0 Å². The van der Waals surface area contributed by atoms with Crippen LogP contribution in [0.5, 0.6) is 5.75 Å². The molecule has 0 aliphatic rings. The quantitative estimate of drug-likeness (QED) is 0.768. The van der Waals surface area contributed by atoms with Crippen molar-refractivity contribution in [2.75, 3.05) is 0 Å². The Bertz CT molecular complexity index is 347. The first-order valence-electron chi connectivity index (χ1n) is 3.71. The molecule has 0 saturated heterocycles. The van der Waals surface area contributed by atoms with Crippen LogP contribution in [0.15, 0.2) is 12.1 Å². The minimum Gasteiger partial charge on any atom is -0.508 e. The summed E-state index contributed by atoms with van der Waals surface area (Å²) >= 11 is 5.82. The van der Waals surface area contributed by atoms with Crippen molar-refractivity contribution in [3.63, 3.8) is 0 Å². The number of carbonyl (C=O) groups is 1. The van der Waals surface area contributed by atoms with E-state index in [1.165, 1.54) is 6.07 Å². The Labute approximate surface area is 80.6 Å². The van der Waals surface area contributed by atoms with Crippen LogP contribution >= 0.6 is 11.6 Å². The third-order valence-corrected chi connectivity index (χ3v) is 2.27. The van der Waals surface area contributed by atoms with E-state index in [1.807, 2.05) is 0 Å². The third-order valence-electron chi connectivity index (χ3n) is 1.74. The molecule has 13 heavy (non-hydrogen) atoms. The Morgan fingerprint density at radius 3 is 2.69 bits per heavy atom. The van der Waals surface area contributed by atoms with Gasteiger partial charge in [-0.1, -0.05) is 17.7 Å².